The van der Waals surface area contributed by atoms with Crippen molar-refractivity contribution in [3.63, 3.8) is 0 Å². The van der Waals surface area contributed by atoms with Gasteiger partial charge in [-0.3, -0.25) is 0 Å². The second-order valence-corrected chi connectivity index (χ2v) is 8.44. The van der Waals surface area contributed by atoms with Gasteiger partial charge in [-0.1, -0.05) is 51.8 Å². The van der Waals surface area contributed by atoms with E-state index >= 15 is 0 Å². The number of allylic oxidation sites excluding steroid dienone is 4. The monoisotopic (exact) mass is 286 g/mol. The van der Waals surface area contributed by atoms with E-state index in [4.69, 9.17) is 0 Å². The Morgan fingerprint density at radius 3 is 2.71 bits per heavy atom. The fraction of sp³-hybridized carbons (Fsp3) is 0.750. The molecule has 21 heavy (non-hydrogen) atoms. The lowest BCUT2D eigenvalue weighted by Crippen LogP contribution is -2.50. The summed E-state index contributed by atoms with van der Waals surface area (Å²) in [4.78, 5) is 11.7. The first kappa shape index (κ1) is 15.1. The van der Waals surface area contributed by atoms with Crippen LogP contribution in [0.2, 0.25) is 0 Å². The van der Waals surface area contributed by atoms with Gasteiger partial charge in [-0.15, -0.1) is 0 Å². The minimum absolute atomic E-state index is 0.100. The molecular formula is C20H30O. The van der Waals surface area contributed by atoms with Crippen LogP contribution in [0.15, 0.2) is 23.3 Å². The lowest BCUT2D eigenvalue weighted by Gasteiger charge is -2.57. The predicted octanol–water partition coefficient (Wildman–Crippen LogP) is 5.32. The molecule has 1 nitrogen and oxygen atoms in total. The van der Waals surface area contributed by atoms with E-state index in [1.807, 2.05) is 0 Å². The number of aldehydes is 1. The van der Waals surface area contributed by atoms with Gasteiger partial charge in [0, 0.05) is 5.41 Å². The summed E-state index contributed by atoms with van der Waals surface area (Å²) in [5, 5.41) is 0. The molecule has 0 unspecified atom stereocenters. The average molecular weight is 286 g/mol. The van der Waals surface area contributed by atoms with E-state index in [2.05, 4.69) is 39.8 Å². The SMILES string of the molecule is CC(C)C1=CC2=CC[C@@H]3[C@](C)(CCC[C@@]3(C)C=O)[C@H]2CC1. The molecule has 0 radical (unpaired) electrons. The molecule has 116 valence electrons. The molecule has 3 rings (SSSR count). The van der Waals surface area contributed by atoms with Gasteiger partial charge in [-0.05, 0) is 60.8 Å². The van der Waals surface area contributed by atoms with Gasteiger partial charge < -0.3 is 4.79 Å². The molecule has 0 spiro atoms. The second kappa shape index (κ2) is 5.11. The molecule has 3 aliphatic rings. The normalized spacial score (nSPS) is 42.7. The lowest BCUT2D eigenvalue weighted by molar-refractivity contribution is -0.128. The van der Waals surface area contributed by atoms with E-state index in [1.165, 1.54) is 32.0 Å². The van der Waals surface area contributed by atoms with E-state index < -0.39 is 0 Å². The van der Waals surface area contributed by atoms with Crippen LogP contribution < -0.4 is 0 Å². The molecule has 1 saturated carbocycles. The fourth-order valence-corrected chi connectivity index (χ4v) is 5.53. The summed E-state index contributed by atoms with van der Waals surface area (Å²) in [6.07, 6.45) is 13.5. The van der Waals surface area contributed by atoms with Crippen molar-refractivity contribution in [1.29, 1.82) is 0 Å². The summed E-state index contributed by atoms with van der Waals surface area (Å²) in [5.41, 5.74) is 3.43. The molecule has 0 amide bonds. The summed E-state index contributed by atoms with van der Waals surface area (Å²) >= 11 is 0. The van der Waals surface area contributed by atoms with Crippen molar-refractivity contribution in [3.8, 4) is 0 Å². The zero-order valence-corrected chi connectivity index (χ0v) is 14.1. The predicted molar refractivity (Wildman–Crippen MR) is 88.0 cm³/mol. The summed E-state index contributed by atoms with van der Waals surface area (Å²) in [6.45, 7) is 9.30. The minimum atomic E-state index is -0.100. The van der Waals surface area contributed by atoms with Crippen molar-refractivity contribution in [1.82, 2.24) is 0 Å². The van der Waals surface area contributed by atoms with Crippen molar-refractivity contribution in [3.05, 3.63) is 23.3 Å². The fourth-order valence-electron chi connectivity index (χ4n) is 5.53. The van der Waals surface area contributed by atoms with Crippen LogP contribution in [0.5, 0.6) is 0 Å². The van der Waals surface area contributed by atoms with E-state index in [1.54, 1.807) is 11.1 Å². The molecule has 3 aliphatic carbocycles. The van der Waals surface area contributed by atoms with Gasteiger partial charge in [0.1, 0.15) is 6.29 Å². The summed E-state index contributed by atoms with van der Waals surface area (Å²) in [5.74, 6) is 1.89. The van der Waals surface area contributed by atoms with Crippen LogP contribution in [0.25, 0.3) is 0 Å². The van der Waals surface area contributed by atoms with E-state index in [0.717, 1.165) is 12.8 Å². The zero-order valence-electron chi connectivity index (χ0n) is 14.1. The van der Waals surface area contributed by atoms with E-state index in [9.17, 15) is 4.79 Å². The van der Waals surface area contributed by atoms with Crippen molar-refractivity contribution in [2.45, 2.75) is 66.2 Å². The highest BCUT2D eigenvalue weighted by atomic mass is 16.1. The number of fused-ring (bicyclic) bond motifs is 3. The minimum Gasteiger partial charge on any atom is -0.303 e. The molecule has 0 aromatic rings. The van der Waals surface area contributed by atoms with Crippen LogP contribution in [0.4, 0.5) is 0 Å². The Hall–Kier alpha value is -0.850. The first-order valence-electron chi connectivity index (χ1n) is 8.77. The van der Waals surface area contributed by atoms with Crippen molar-refractivity contribution in [2.75, 3.05) is 0 Å². The van der Waals surface area contributed by atoms with Crippen LogP contribution in [-0.4, -0.2) is 6.29 Å². The Balaban J connectivity index is 1.99. The standard InChI is InChI=1S/C20H30O/c1-14(2)15-6-8-17-16(12-15)7-9-18-19(3,13-21)10-5-11-20(17,18)4/h7,12-14,17-18H,5-6,8-11H2,1-4H3/t17-,18-,19-,20+/m0/s1. The molecule has 0 bridgehead atoms. The topological polar surface area (TPSA) is 17.1 Å². The highest BCUT2D eigenvalue weighted by molar-refractivity contribution is 5.60. The molecule has 1 fully saturated rings. The van der Waals surface area contributed by atoms with E-state index in [-0.39, 0.29) is 5.41 Å². The van der Waals surface area contributed by atoms with Crippen LogP contribution >= 0.6 is 0 Å². The number of rotatable bonds is 2. The van der Waals surface area contributed by atoms with Gasteiger partial charge >= 0.3 is 0 Å². The van der Waals surface area contributed by atoms with Crippen molar-refractivity contribution in [2.24, 2.45) is 28.6 Å². The molecule has 4 atom stereocenters. The maximum Gasteiger partial charge on any atom is 0.126 e. The molecule has 0 aliphatic heterocycles. The molecular weight excluding hydrogens is 256 g/mol. The van der Waals surface area contributed by atoms with E-state index in [0.29, 0.717) is 23.2 Å². The molecule has 0 heterocycles. The lowest BCUT2D eigenvalue weighted by atomic mass is 9.47. The smallest absolute Gasteiger partial charge is 0.126 e. The van der Waals surface area contributed by atoms with Gasteiger partial charge in [0.05, 0.1) is 0 Å². The second-order valence-electron chi connectivity index (χ2n) is 8.44. The van der Waals surface area contributed by atoms with Crippen LogP contribution in [0, 0.1) is 28.6 Å². The molecule has 0 N–H and O–H groups in total. The summed E-state index contributed by atoms with van der Waals surface area (Å²) < 4.78 is 0. The Kier molecular flexibility index (Phi) is 3.66. The number of carbonyl (C=O) groups is 1. The maximum atomic E-state index is 11.7. The molecule has 0 aromatic heterocycles. The number of carbonyl (C=O) groups excluding carboxylic acids is 1. The Morgan fingerprint density at radius 2 is 2.05 bits per heavy atom. The average Bonchev–Trinajstić information content (AvgIpc) is 2.46. The highest BCUT2D eigenvalue weighted by Gasteiger charge is 2.54. The third-order valence-corrected chi connectivity index (χ3v) is 6.90. The Morgan fingerprint density at radius 1 is 1.29 bits per heavy atom. The molecule has 0 aromatic carbocycles. The maximum absolute atomic E-state index is 11.7. The largest absolute Gasteiger partial charge is 0.303 e. The summed E-state index contributed by atoms with van der Waals surface area (Å²) in [7, 11) is 0. The molecule has 1 heteroatoms. The third-order valence-electron chi connectivity index (χ3n) is 6.90. The van der Waals surface area contributed by atoms with Gasteiger partial charge in [-0.2, -0.15) is 0 Å². The van der Waals surface area contributed by atoms with Crippen molar-refractivity contribution >= 4 is 6.29 Å². The number of hydrogen-bond donors (Lipinski definition) is 0. The van der Waals surface area contributed by atoms with Crippen LogP contribution in [0.1, 0.15) is 66.2 Å². The van der Waals surface area contributed by atoms with Gasteiger partial charge in [-0.25, -0.2) is 0 Å². The first-order chi connectivity index (χ1) is 9.90. The summed E-state index contributed by atoms with van der Waals surface area (Å²) in [6, 6.07) is 0. The Labute approximate surface area is 129 Å². The van der Waals surface area contributed by atoms with Gasteiger partial charge in [0.2, 0.25) is 0 Å². The first-order valence-corrected chi connectivity index (χ1v) is 8.77. The number of hydrogen-bond acceptors (Lipinski definition) is 1. The Bertz CT molecular complexity index is 498. The molecule has 0 saturated heterocycles. The van der Waals surface area contributed by atoms with Gasteiger partial charge in [0.25, 0.3) is 0 Å². The zero-order chi connectivity index (χ0) is 15.3. The van der Waals surface area contributed by atoms with Crippen molar-refractivity contribution < 1.29 is 4.79 Å². The van der Waals surface area contributed by atoms with Gasteiger partial charge in [0.15, 0.2) is 0 Å². The third kappa shape index (κ3) is 2.24. The quantitative estimate of drug-likeness (QED) is 0.628. The van der Waals surface area contributed by atoms with Crippen LogP contribution in [-0.2, 0) is 4.79 Å². The van der Waals surface area contributed by atoms with Crippen LogP contribution in [0.3, 0.4) is 0 Å². The highest BCUT2D eigenvalue weighted by Crippen LogP contribution is 2.61.